The van der Waals surface area contributed by atoms with Crippen LogP contribution in [0.3, 0.4) is 0 Å². The standard InChI is InChI=1S/C17H16ClN5O/c18-13-3-1-12(2-4-13)7-17(16(19)24)10-22(11-17)15-9-20-8-14-21-5-6-23(14)15/h1-6,8-9H,7,10-11H2,(H2,19,24). The van der Waals surface area contributed by atoms with Gasteiger partial charge >= 0.3 is 0 Å². The lowest BCUT2D eigenvalue weighted by atomic mass is 9.74. The number of carbonyl (C=O) groups is 1. The maximum atomic E-state index is 12.1. The highest BCUT2D eigenvalue weighted by Gasteiger charge is 2.48. The third-order valence-corrected chi connectivity index (χ3v) is 4.84. The van der Waals surface area contributed by atoms with Crippen LogP contribution in [-0.2, 0) is 11.2 Å². The van der Waals surface area contributed by atoms with Crippen LogP contribution in [0.5, 0.6) is 0 Å². The van der Waals surface area contributed by atoms with Crippen molar-refractivity contribution in [3.8, 4) is 0 Å². The molecule has 3 aromatic rings. The molecule has 122 valence electrons. The van der Waals surface area contributed by atoms with E-state index in [1.54, 1.807) is 18.6 Å². The summed E-state index contributed by atoms with van der Waals surface area (Å²) in [4.78, 5) is 22.7. The van der Waals surface area contributed by atoms with Crippen molar-refractivity contribution in [3.63, 3.8) is 0 Å². The number of benzene rings is 1. The first-order chi connectivity index (χ1) is 11.6. The summed E-state index contributed by atoms with van der Waals surface area (Å²) in [5, 5.41) is 0.681. The Labute approximate surface area is 143 Å². The monoisotopic (exact) mass is 341 g/mol. The highest BCUT2D eigenvalue weighted by atomic mass is 35.5. The third-order valence-electron chi connectivity index (χ3n) is 4.59. The number of aromatic nitrogens is 3. The molecule has 0 saturated carbocycles. The number of primary amides is 1. The van der Waals surface area contributed by atoms with Crippen molar-refractivity contribution >= 4 is 29.0 Å². The average molecular weight is 342 g/mol. The molecule has 0 aliphatic carbocycles. The SMILES string of the molecule is NC(=O)C1(Cc2ccc(Cl)cc2)CN(c2cncc3nccn23)C1. The van der Waals surface area contributed by atoms with Crippen LogP contribution in [0.4, 0.5) is 5.82 Å². The number of hydrogen-bond acceptors (Lipinski definition) is 4. The number of halogens is 1. The second-order valence-electron chi connectivity index (χ2n) is 6.22. The second kappa shape index (κ2) is 5.49. The molecule has 2 aromatic heterocycles. The highest BCUT2D eigenvalue weighted by molar-refractivity contribution is 6.30. The lowest BCUT2D eigenvalue weighted by Gasteiger charge is -2.49. The Morgan fingerprint density at radius 3 is 2.71 bits per heavy atom. The first-order valence-corrected chi connectivity index (χ1v) is 8.02. The van der Waals surface area contributed by atoms with Crippen molar-refractivity contribution in [3.05, 3.63) is 59.6 Å². The number of carbonyl (C=O) groups excluding carboxylic acids is 1. The lowest BCUT2D eigenvalue weighted by molar-refractivity contribution is -0.129. The smallest absolute Gasteiger partial charge is 0.227 e. The third kappa shape index (κ3) is 2.39. The molecule has 0 radical (unpaired) electrons. The van der Waals surface area contributed by atoms with Crippen LogP contribution >= 0.6 is 11.6 Å². The quantitative estimate of drug-likeness (QED) is 0.786. The van der Waals surface area contributed by atoms with Crippen LogP contribution in [-0.4, -0.2) is 33.4 Å². The van der Waals surface area contributed by atoms with Crippen LogP contribution in [0, 0.1) is 5.41 Å². The number of hydrogen-bond donors (Lipinski definition) is 1. The van der Waals surface area contributed by atoms with Gasteiger partial charge in [-0.15, -0.1) is 0 Å². The molecule has 0 atom stereocenters. The predicted octanol–water partition coefficient (Wildman–Crippen LogP) is 1.92. The summed E-state index contributed by atoms with van der Waals surface area (Å²) >= 11 is 5.93. The molecule has 1 aliphatic heterocycles. The number of nitrogens with zero attached hydrogens (tertiary/aromatic N) is 4. The zero-order chi connectivity index (χ0) is 16.7. The van der Waals surface area contributed by atoms with E-state index >= 15 is 0 Å². The molecule has 1 amide bonds. The topological polar surface area (TPSA) is 76.5 Å². The van der Waals surface area contributed by atoms with Gasteiger partial charge in [0.1, 0.15) is 5.82 Å². The number of amides is 1. The van der Waals surface area contributed by atoms with Gasteiger partial charge in [0.05, 0.1) is 17.8 Å². The lowest BCUT2D eigenvalue weighted by Crippen LogP contribution is -2.64. The van der Waals surface area contributed by atoms with E-state index in [2.05, 4.69) is 14.9 Å². The van der Waals surface area contributed by atoms with Gasteiger partial charge in [0.15, 0.2) is 5.65 Å². The molecule has 6 nitrogen and oxygen atoms in total. The molecule has 0 unspecified atom stereocenters. The fourth-order valence-corrected chi connectivity index (χ4v) is 3.39. The maximum Gasteiger partial charge on any atom is 0.227 e. The minimum atomic E-state index is -0.573. The molecule has 7 heteroatoms. The number of anilines is 1. The Kier molecular flexibility index (Phi) is 3.42. The molecule has 0 spiro atoms. The molecule has 1 aromatic carbocycles. The molecule has 2 N–H and O–H groups in total. The zero-order valence-corrected chi connectivity index (χ0v) is 13.6. The van der Waals surface area contributed by atoms with E-state index in [9.17, 15) is 4.79 Å². The van der Waals surface area contributed by atoms with Crippen molar-refractivity contribution in [1.82, 2.24) is 14.4 Å². The van der Waals surface area contributed by atoms with Gasteiger partial charge in [-0.2, -0.15) is 0 Å². The van der Waals surface area contributed by atoms with E-state index in [-0.39, 0.29) is 5.91 Å². The Balaban J connectivity index is 1.58. The van der Waals surface area contributed by atoms with Gasteiger partial charge in [-0.05, 0) is 24.1 Å². The summed E-state index contributed by atoms with van der Waals surface area (Å²) in [7, 11) is 0. The first kappa shape index (κ1) is 15.0. The highest BCUT2D eigenvalue weighted by Crippen LogP contribution is 2.37. The summed E-state index contributed by atoms with van der Waals surface area (Å²) < 4.78 is 1.96. The molecule has 3 heterocycles. The van der Waals surface area contributed by atoms with E-state index in [0.29, 0.717) is 24.5 Å². The zero-order valence-electron chi connectivity index (χ0n) is 12.9. The van der Waals surface area contributed by atoms with Gasteiger partial charge in [0.25, 0.3) is 0 Å². The maximum absolute atomic E-state index is 12.1. The summed E-state index contributed by atoms with van der Waals surface area (Å²) in [6, 6.07) is 7.54. The first-order valence-electron chi connectivity index (χ1n) is 7.64. The Bertz CT molecular complexity index is 899. The summed E-state index contributed by atoms with van der Waals surface area (Å²) in [6.45, 7) is 1.12. The number of imidazole rings is 1. The Morgan fingerprint density at radius 2 is 2.00 bits per heavy atom. The van der Waals surface area contributed by atoms with E-state index < -0.39 is 5.41 Å². The van der Waals surface area contributed by atoms with Gasteiger partial charge < -0.3 is 10.6 Å². The summed E-state index contributed by atoms with van der Waals surface area (Å²) in [5.41, 5.74) is 6.98. The van der Waals surface area contributed by atoms with E-state index in [1.807, 2.05) is 34.9 Å². The van der Waals surface area contributed by atoms with Crippen molar-refractivity contribution < 1.29 is 4.79 Å². The van der Waals surface area contributed by atoms with Crippen LogP contribution < -0.4 is 10.6 Å². The van der Waals surface area contributed by atoms with Gasteiger partial charge in [0.2, 0.25) is 5.91 Å². The van der Waals surface area contributed by atoms with Crippen LogP contribution in [0.2, 0.25) is 5.02 Å². The number of fused-ring (bicyclic) bond motifs is 1. The molecule has 24 heavy (non-hydrogen) atoms. The average Bonchev–Trinajstić information content (AvgIpc) is 3.01. The summed E-state index contributed by atoms with van der Waals surface area (Å²) in [6.07, 6.45) is 7.70. The second-order valence-corrected chi connectivity index (χ2v) is 6.66. The van der Waals surface area contributed by atoms with Crippen molar-refractivity contribution in [1.29, 1.82) is 0 Å². The predicted molar refractivity (Wildman–Crippen MR) is 92.0 cm³/mol. The molecule has 0 bridgehead atoms. The van der Waals surface area contributed by atoms with E-state index in [4.69, 9.17) is 17.3 Å². The van der Waals surface area contributed by atoms with Gasteiger partial charge in [-0.3, -0.25) is 14.2 Å². The Morgan fingerprint density at radius 1 is 1.25 bits per heavy atom. The fourth-order valence-electron chi connectivity index (χ4n) is 3.27. The van der Waals surface area contributed by atoms with E-state index in [1.165, 1.54) is 0 Å². The van der Waals surface area contributed by atoms with Gasteiger partial charge in [-0.25, -0.2) is 4.98 Å². The molecular formula is C17H16ClN5O. The van der Waals surface area contributed by atoms with Crippen LogP contribution in [0.15, 0.2) is 49.1 Å². The van der Waals surface area contributed by atoms with Crippen LogP contribution in [0.1, 0.15) is 5.56 Å². The number of nitrogens with two attached hydrogens (primary N) is 1. The number of rotatable bonds is 4. The van der Waals surface area contributed by atoms with Crippen molar-refractivity contribution in [2.24, 2.45) is 11.1 Å². The van der Waals surface area contributed by atoms with Crippen molar-refractivity contribution in [2.75, 3.05) is 18.0 Å². The largest absolute Gasteiger partial charge is 0.369 e. The fraction of sp³-hybridized carbons (Fsp3) is 0.235. The van der Waals surface area contributed by atoms with E-state index in [0.717, 1.165) is 17.0 Å². The van der Waals surface area contributed by atoms with Gasteiger partial charge in [-0.1, -0.05) is 23.7 Å². The normalized spacial score (nSPS) is 16.1. The minimum absolute atomic E-state index is 0.278. The molecule has 1 saturated heterocycles. The Hall–Kier alpha value is -2.60. The molecule has 4 rings (SSSR count). The molecule has 1 fully saturated rings. The van der Waals surface area contributed by atoms with Crippen LogP contribution in [0.25, 0.3) is 5.65 Å². The van der Waals surface area contributed by atoms with Crippen molar-refractivity contribution in [2.45, 2.75) is 6.42 Å². The van der Waals surface area contributed by atoms with Gasteiger partial charge in [0, 0.05) is 30.5 Å². The molecule has 1 aliphatic rings. The summed E-state index contributed by atoms with van der Waals surface area (Å²) in [5.74, 6) is 0.637. The molecular weight excluding hydrogens is 326 g/mol. The minimum Gasteiger partial charge on any atom is -0.369 e.